The van der Waals surface area contributed by atoms with Gasteiger partial charge in [0.15, 0.2) is 5.17 Å². The molecule has 0 aliphatic carbocycles. The predicted octanol–water partition coefficient (Wildman–Crippen LogP) is 2.35. The fourth-order valence-corrected chi connectivity index (χ4v) is 3.53. The molecule has 2 aromatic carbocycles. The molecule has 1 atom stereocenters. The van der Waals surface area contributed by atoms with Crippen molar-refractivity contribution in [1.82, 2.24) is 10.4 Å². The largest absolute Gasteiger partial charge is 0.481 e. The molecule has 10 nitrogen and oxygen atoms in total. The number of nitrogens with one attached hydrogen (secondary N) is 1. The summed E-state index contributed by atoms with van der Waals surface area (Å²) < 4.78 is 0. The molecule has 29 heavy (non-hydrogen) atoms. The van der Waals surface area contributed by atoms with Crippen molar-refractivity contribution in [2.24, 2.45) is 4.99 Å². The van der Waals surface area contributed by atoms with E-state index in [1.54, 1.807) is 30.3 Å². The highest BCUT2D eigenvalue weighted by molar-refractivity contribution is 8.15. The number of thioether (sulfide) groups is 1. The van der Waals surface area contributed by atoms with Crippen LogP contribution in [-0.2, 0) is 9.59 Å². The van der Waals surface area contributed by atoms with Gasteiger partial charge in [0.05, 0.1) is 17.0 Å². The van der Waals surface area contributed by atoms with Gasteiger partial charge in [0.25, 0.3) is 17.5 Å². The third-order valence-electron chi connectivity index (χ3n) is 3.83. The Morgan fingerprint density at radius 1 is 1.17 bits per heavy atom. The van der Waals surface area contributed by atoms with Crippen molar-refractivity contribution in [3.8, 4) is 0 Å². The fourth-order valence-electron chi connectivity index (χ4n) is 2.45. The van der Waals surface area contributed by atoms with Crippen LogP contribution in [0.2, 0.25) is 0 Å². The number of carbonyl (C=O) groups is 3. The number of carbonyl (C=O) groups excluding carboxylic acids is 2. The summed E-state index contributed by atoms with van der Waals surface area (Å²) in [7, 11) is 0. The third-order valence-corrected chi connectivity index (χ3v) is 4.97. The first-order valence-corrected chi connectivity index (χ1v) is 9.14. The highest BCUT2D eigenvalue weighted by Crippen LogP contribution is 2.30. The normalized spacial score (nSPS) is 17.4. The fraction of sp³-hybridized carbons (Fsp3) is 0.111. The van der Waals surface area contributed by atoms with Gasteiger partial charge in [0, 0.05) is 17.7 Å². The number of amidine groups is 1. The molecular weight excluding hydrogens is 400 g/mol. The number of non-ortho nitro benzene ring substituents is 1. The van der Waals surface area contributed by atoms with Crippen molar-refractivity contribution in [1.29, 1.82) is 0 Å². The summed E-state index contributed by atoms with van der Waals surface area (Å²) in [6, 6.07) is 13.5. The molecule has 2 N–H and O–H groups in total. The number of nitro benzene ring substituents is 1. The van der Waals surface area contributed by atoms with Crippen LogP contribution in [0, 0.1) is 10.1 Å². The van der Waals surface area contributed by atoms with E-state index in [9.17, 15) is 24.5 Å². The van der Waals surface area contributed by atoms with Crippen molar-refractivity contribution in [3.63, 3.8) is 0 Å². The highest BCUT2D eigenvalue weighted by Gasteiger charge is 2.40. The molecule has 0 bridgehead atoms. The number of hydrogen-bond donors (Lipinski definition) is 2. The molecule has 0 aromatic heterocycles. The van der Waals surface area contributed by atoms with Gasteiger partial charge in [0.2, 0.25) is 0 Å². The number of carboxylic acid groups (broad SMARTS) is 1. The van der Waals surface area contributed by atoms with E-state index in [0.717, 1.165) is 16.8 Å². The summed E-state index contributed by atoms with van der Waals surface area (Å²) >= 11 is 0.935. The lowest BCUT2D eigenvalue weighted by Gasteiger charge is -2.17. The number of benzene rings is 2. The molecule has 0 radical (unpaired) electrons. The van der Waals surface area contributed by atoms with Crippen molar-refractivity contribution >= 4 is 46.1 Å². The molecule has 1 fully saturated rings. The monoisotopic (exact) mass is 414 g/mol. The average molecular weight is 414 g/mol. The Labute approximate surface area is 168 Å². The van der Waals surface area contributed by atoms with Crippen LogP contribution >= 0.6 is 11.8 Å². The minimum atomic E-state index is -1.15. The number of nitro groups is 1. The van der Waals surface area contributed by atoms with Crippen LogP contribution in [0.15, 0.2) is 59.6 Å². The number of amides is 2. The van der Waals surface area contributed by atoms with Crippen LogP contribution < -0.4 is 5.43 Å². The molecule has 1 aliphatic rings. The van der Waals surface area contributed by atoms with Gasteiger partial charge >= 0.3 is 5.97 Å². The van der Waals surface area contributed by atoms with Crippen LogP contribution in [-0.4, -0.2) is 43.2 Å². The Morgan fingerprint density at radius 3 is 2.41 bits per heavy atom. The Kier molecular flexibility index (Phi) is 5.88. The molecule has 0 saturated carbocycles. The van der Waals surface area contributed by atoms with Crippen molar-refractivity contribution in [3.05, 3.63) is 70.3 Å². The molecule has 2 aromatic rings. The van der Waals surface area contributed by atoms with Gasteiger partial charge in [-0.05, 0) is 24.3 Å². The molecule has 1 aliphatic heterocycles. The lowest BCUT2D eigenvalue weighted by atomic mass is 10.2. The maximum absolute atomic E-state index is 12.6. The van der Waals surface area contributed by atoms with Crippen molar-refractivity contribution in [2.45, 2.75) is 11.7 Å². The lowest BCUT2D eigenvalue weighted by molar-refractivity contribution is -0.384. The van der Waals surface area contributed by atoms with Gasteiger partial charge in [-0.1, -0.05) is 30.0 Å². The zero-order valence-electron chi connectivity index (χ0n) is 14.7. The third kappa shape index (κ3) is 4.76. The summed E-state index contributed by atoms with van der Waals surface area (Å²) in [5.41, 5.74) is 2.83. The molecular formula is C18H14N4O6S. The van der Waals surface area contributed by atoms with E-state index in [0.29, 0.717) is 5.69 Å². The highest BCUT2D eigenvalue weighted by atomic mass is 32.2. The quantitative estimate of drug-likeness (QED) is 0.546. The first-order valence-electron chi connectivity index (χ1n) is 8.27. The zero-order chi connectivity index (χ0) is 21.0. The Hall–Kier alpha value is -3.73. The van der Waals surface area contributed by atoms with Crippen LogP contribution in [0.25, 0.3) is 0 Å². The van der Waals surface area contributed by atoms with E-state index in [-0.39, 0.29) is 16.4 Å². The number of carboxylic acids is 1. The number of para-hydroxylation sites is 1. The second kappa shape index (κ2) is 8.52. The van der Waals surface area contributed by atoms with E-state index >= 15 is 0 Å². The summed E-state index contributed by atoms with van der Waals surface area (Å²) in [4.78, 5) is 50.6. The molecule has 148 valence electrons. The number of aliphatic imine (C=N–C) groups is 1. The maximum Gasteiger partial charge on any atom is 0.305 e. The topological polar surface area (TPSA) is 142 Å². The van der Waals surface area contributed by atoms with E-state index in [2.05, 4.69) is 10.4 Å². The van der Waals surface area contributed by atoms with Crippen molar-refractivity contribution < 1.29 is 24.4 Å². The van der Waals surface area contributed by atoms with E-state index in [1.807, 2.05) is 0 Å². The Balaban J connectivity index is 1.85. The Bertz CT molecular complexity index is 993. The van der Waals surface area contributed by atoms with Crippen molar-refractivity contribution in [2.75, 3.05) is 0 Å². The minimum Gasteiger partial charge on any atom is -0.481 e. The van der Waals surface area contributed by atoms with E-state index in [4.69, 9.17) is 5.11 Å². The van der Waals surface area contributed by atoms with Gasteiger partial charge in [-0.25, -0.2) is 4.99 Å². The number of aliphatic carboxylic acids is 1. The van der Waals surface area contributed by atoms with Crippen LogP contribution in [0.5, 0.6) is 0 Å². The van der Waals surface area contributed by atoms with Crippen LogP contribution in [0.4, 0.5) is 11.4 Å². The summed E-state index contributed by atoms with van der Waals surface area (Å²) in [5, 5.41) is 19.8. The van der Waals surface area contributed by atoms with Gasteiger partial charge in [-0.2, -0.15) is 5.01 Å². The summed E-state index contributed by atoms with van der Waals surface area (Å²) in [6.07, 6.45) is -0.429. The molecule has 11 heteroatoms. The number of hydrogen-bond acceptors (Lipinski definition) is 7. The molecule has 0 unspecified atom stereocenters. The first kappa shape index (κ1) is 20.0. The molecule has 1 heterocycles. The number of hydrazine groups is 1. The van der Waals surface area contributed by atoms with Gasteiger partial charge < -0.3 is 5.11 Å². The number of nitrogens with zero attached hydrogens (tertiary/aromatic N) is 3. The summed E-state index contributed by atoms with van der Waals surface area (Å²) in [6.45, 7) is 0. The predicted molar refractivity (Wildman–Crippen MR) is 105 cm³/mol. The van der Waals surface area contributed by atoms with Crippen LogP contribution in [0.1, 0.15) is 16.8 Å². The smallest absolute Gasteiger partial charge is 0.305 e. The average Bonchev–Trinajstić information content (AvgIpc) is 2.97. The standard InChI is InChI=1S/C18H14N4O6S/c23-15(24)10-14-17(26)21(18(29-14)19-12-4-2-1-3-5-12)20-16(25)11-6-8-13(9-7-11)22(27)28/h1-9,14H,10H2,(H,20,25)(H,23,24)/t14-/m1/s1. The zero-order valence-corrected chi connectivity index (χ0v) is 15.5. The first-order chi connectivity index (χ1) is 13.8. The molecule has 2 amide bonds. The number of rotatable bonds is 6. The van der Waals surface area contributed by atoms with Gasteiger partial charge in [-0.3, -0.25) is 29.9 Å². The summed E-state index contributed by atoms with van der Waals surface area (Å²) in [5.74, 6) is -2.47. The Morgan fingerprint density at radius 2 is 1.83 bits per heavy atom. The lowest BCUT2D eigenvalue weighted by Crippen LogP contribution is -2.46. The second-order valence-corrected chi connectivity index (χ2v) is 7.02. The van der Waals surface area contributed by atoms with Gasteiger partial charge in [0.1, 0.15) is 5.25 Å². The maximum atomic E-state index is 12.6. The van der Waals surface area contributed by atoms with E-state index in [1.165, 1.54) is 24.3 Å². The van der Waals surface area contributed by atoms with Crippen LogP contribution in [0.3, 0.4) is 0 Å². The minimum absolute atomic E-state index is 0.0918. The van der Waals surface area contributed by atoms with Gasteiger partial charge in [-0.15, -0.1) is 0 Å². The molecule has 1 saturated heterocycles. The van der Waals surface area contributed by atoms with E-state index < -0.39 is 34.4 Å². The SMILES string of the molecule is O=C(O)C[C@H]1SC(=Nc2ccccc2)N(NC(=O)c2ccc([N+](=O)[O-])cc2)C1=O. The second-order valence-electron chi connectivity index (χ2n) is 5.85. The molecule has 3 rings (SSSR count). The molecule has 0 spiro atoms.